The molecule has 1 heterocycles. The molecule has 78 valence electrons. The lowest BCUT2D eigenvalue weighted by atomic mass is 10.2. The van der Waals surface area contributed by atoms with Crippen LogP contribution in [0.25, 0.3) is 0 Å². The summed E-state index contributed by atoms with van der Waals surface area (Å²) in [7, 11) is 0. The molecule has 2 nitrogen and oxygen atoms in total. The second-order valence-corrected chi connectivity index (χ2v) is 5.60. The van der Waals surface area contributed by atoms with Crippen LogP contribution in [0.1, 0.15) is 29.1 Å². The molecule has 4 heteroatoms. The Morgan fingerprint density at radius 3 is 3.00 bits per heavy atom. The summed E-state index contributed by atoms with van der Waals surface area (Å²) in [4.78, 5) is 12.8. The van der Waals surface area contributed by atoms with Crippen molar-refractivity contribution in [2.24, 2.45) is 0 Å². The molecule has 0 aliphatic carbocycles. The van der Waals surface area contributed by atoms with E-state index in [9.17, 15) is 4.79 Å². The van der Waals surface area contributed by atoms with E-state index in [1.165, 1.54) is 11.3 Å². The summed E-state index contributed by atoms with van der Waals surface area (Å²) in [6, 6.07) is 2.01. The highest BCUT2D eigenvalue weighted by atomic mass is 79.9. The van der Waals surface area contributed by atoms with Gasteiger partial charge in [0, 0.05) is 11.4 Å². The Labute approximate surface area is 96.8 Å². The van der Waals surface area contributed by atoms with Crippen LogP contribution in [0.4, 0.5) is 0 Å². The van der Waals surface area contributed by atoms with Crippen LogP contribution in [0, 0.1) is 0 Å². The van der Waals surface area contributed by atoms with Gasteiger partial charge in [0.05, 0.1) is 4.88 Å². The van der Waals surface area contributed by atoms with E-state index < -0.39 is 0 Å². The van der Waals surface area contributed by atoms with Gasteiger partial charge < -0.3 is 5.32 Å². The first kappa shape index (κ1) is 11.7. The van der Waals surface area contributed by atoms with Crippen molar-refractivity contribution in [2.75, 3.05) is 6.54 Å². The summed E-state index contributed by atoms with van der Waals surface area (Å²) in [5.41, 5.74) is 1.13. The summed E-state index contributed by atoms with van der Waals surface area (Å²) in [5, 5.41) is 4.85. The molecule has 1 amide bonds. The molecule has 0 aromatic carbocycles. The van der Waals surface area contributed by atoms with Gasteiger partial charge in [0.2, 0.25) is 0 Å². The Morgan fingerprint density at radius 2 is 2.43 bits per heavy atom. The van der Waals surface area contributed by atoms with E-state index in [0.717, 1.165) is 16.9 Å². The zero-order valence-electron chi connectivity index (χ0n) is 8.34. The summed E-state index contributed by atoms with van der Waals surface area (Å²) in [6.45, 7) is 4.74. The van der Waals surface area contributed by atoms with Gasteiger partial charge in [-0.05, 0) is 23.4 Å². The van der Waals surface area contributed by atoms with Crippen LogP contribution in [0.15, 0.2) is 11.4 Å². The Balaban J connectivity index is 2.60. The number of carbonyl (C=O) groups excluding carboxylic acids is 1. The topological polar surface area (TPSA) is 29.1 Å². The molecule has 0 radical (unpaired) electrons. The third-order valence-electron chi connectivity index (χ3n) is 1.88. The van der Waals surface area contributed by atoms with Crippen molar-refractivity contribution in [3.8, 4) is 0 Å². The number of amides is 1. The fraction of sp³-hybridized carbons (Fsp3) is 0.500. The van der Waals surface area contributed by atoms with Crippen molar-refractivity contribution in [2.45, 2.75) is 25.1 Å². The minimum atomic E-state index is 0.0446. The van der Waals surface area contributed by atoms with Crippen molar-refractivity contribution >= 4 is 33.2 Å². The molecule has 1 atom stereocenters. The molecule has 1 unspecified atom stereocenters. The number of alkyl halides is 1. The lowest BCUT2D eigenvalue weighted by molar-refractivity contribution is 0.0957. The van der Waals surface area contributed by atoms with E-state index in [1.54, 1.807) is 0 Å². The maximum Gasteiger partial charge on any atom is 0.261 e. The van der Waals surface area contributed by atoms with Crippen LogP contribution in [0.3, 0.4) is 0 Å². The monoisotopic (exact) mass is 275 g/mol. The second kappa shape index (κ2) is 5.51. The number of aryl methyl sites for hydroxylation is 1. The first-order valence-electron chi connectivity index (χ1n) is 4.63. The third kappa shape index (κ3) is 3.10. The molecular weight excluding hydrogens is 262 g/mol. The average Bonchev–Trinajstić information content (AvgIpc) is 2.61. The zero-order valence-corrected chi connectivity index (χ0v) is 10.7. The molecule has 1 aromatic rings. The van der Waals surface area contributed by atoms with E-state index in [4.69, 9.17) is 0 Å². The quantitative estimate of drug-likeness (QED) is 0.842. The van der Waals surface area contributed by atoms with Crippen LogP contribution < -0.4 is 5.32 Å². The molecule has 0 spiro atoms. The van der Waals surface area contributed by atoms with Gasteiger partial charge in [-0.25, -0.2) is 0 Å². The van der Waals surface area contributed by atoms with Crippen LogP contribution in [0.5, 0.6) is 0 Å². The lowest BCUT2D eigenvalue weighted by Gasteiger charge is -2.06. The maximum atomic E-state index is 11.7. The fourth-order valence-electron chi connectivity index (χ4n) is 1.13. The van der Waals surface area contributed by atoms with Gasteiger partial charge in [0.25, 0.3) is 5.91 Å². The molecule has 0 bridgehead atoms. The minimum absolute atomic E-state index is 0.0446. The van der Waals surface area contributed by atoms with Crippen molar-refractivity contribution in [3.63, 3.8) is 0 Å². The van der Waals surface area contributed by atoms with E-state index in [-0.39, 0.29) is 5.91 Å². The van der Waals surface area contributed by atoms with Crippen LogP contribution >= 0.6 is 27.3 Å². The summed E-state index contributed by atoms with van der Waals surface area (Å²) >= 11 is 4.90. The Hall–Kier alpha value is -0.350. The highest BCUT2D eigenvalue weighted by Gasteiger charge is 2.11. The number of hydrogen-bond donors (Lipinski definition) is 1. The van der Waals surface area contributed by atoms with Crippen molar-refractivity contribution in [1.29, 1.82) is 0 Å². The van der Waals surface area contributed by atoms with E-state index in [2.05, 4.69) is 28.2 Å². The molecule has 1 N–H and O–H groups in total. The standard InChI is InChI=1S/C10H14BrNOS/c1-3-8-4-5-14-9(8)10(13)12-6-7(2)11/h4-5,7H,3,6H2,1-2H3,(H,12,13). The van der Waals surface area contributed by atoms with Gasteiger partial charge in [-0.15, -0.1) is 11.3 Å². The van der Waals surface area contributed by atoms with Gasteiger partial charge in [-0.3, -0.25) is 4.79 Å². The summed E-state index contributed by atoms with van der Waals surface area (Å²) in [6.07, 6.45) is 0.913. The number of thiophene rings is 1. The first-order valence-corrected chi connectivity index (χ1v) is 6.43. The first-order chi connectivity index (χ1) is 6.65. The number of rotatable bonds is 4. The van der Waals surface area contributed by atoms with E-state index >= 15 is 0 Å². The van der Waals surface area contributed by atoms with Gasteiger partial charge in [-0.2, -0.15) is 0 Å². The lowest BCUT2D eigenvalue weighted by Crippen LogP contribution is -2.28. The van der Waals surface area contributed by atoms with Gasteiger partial charge >= 0.3 is 0 Å². The average molecular weight is 276 g/mol. The minimum Gasteiger partial charge on any atom is -0.350 e. The van der Waals surface area contributed by atoms with E-state index in [0.29, 0.717) is 11.4 Å². The molecule has 1 rings (SSSR count). The maximum absolute atomic E-state index is 11.7. The molecule has 0 fully saturated rings. The number of hydrogen-bond acceptors (Lipinski definition) is 2. The second-order valence-electron chi connectivity index (χ2n) is 3.12. The van der Waals surface area contributed by atoms with Gasteiger partial charge in [0.1, 0.15) is 0 Å². The highest BCUT2D eigenvalue weighted by molar-refractivity contribution is 9.09. The fourth-order valence-corrected chi connectivity index (χ4v) is 2.20. The van der Waals surface area contributed by atoms with Crippen LogP contribution in [-0.2, 0) is 6.42 Å². The number of halogens is 1. The SMILES string of the molecule is CCc1ccsc1C(=O)NCC(C)Br. The zero-order chi connectivity index (χ0) is 10.6. The van der Waals surface area contributed by atoms with E-state index in [1.807, 2.05) is 18.4 Å². The normalized spacial score (nSPS) is 12.5. The third-order valence-corrected chi connectivity index (χ3v) is 3.16. The van der Waals surface area contributed by atoms with Crippen LogP contribution in [-0.4, -0.2) is 17.3 Å². The molecule has 0 aliphatic rings. The highest BCUT2D eigenvalue weighted by Crippen LogP contribution is 2.17. The predicted molar refractivity (Wildman–Crippen MR) is 64.4 cm³/mol. The summed E-state index contributed by atoms with van der Waals surface area (Å²) < 4.78 is 0. The van der Waals surface area contributed by atoms with Crippen molar-refractivity contribution < 1.29 is 4.79 Å². The molecule has 0 saturated heterocycles. The molecule has 0 saturated carbocycles. The number of nitrogens with one attached hydrogen (secondary N) is 1. The van der Waals surface area contributed by atoms with Crippen molar-refractivity contribution in [1.82, 2.24) is 5.32 Å². The predicted octanol–water partition coefficient (Wildman–Crippen LogP) is 2.82. The van der Waals surface area contributed by atoms with Gasteiger partial charge in [-0.1, -0.05) is 29.8 Å². The van der Waals surface area contributed by atoms with Gasteiger partial charge in [0.15, 0.2) is 0 Å². The Bertz CT molecular complexity index is 309. The largest absolute Gasteiger partial charge is 0.350 e. The Morgan fingerprint density at radius 1 is 1.71 bits per heavy atom. The number of carbonyl (C=O) groups is 1. The Kier molecular flexibility index (Phi) is 4.62. The smallest absolute Gasteiger partial charge is 0.261 e. The molecular formula is C10H14BrNOS. The van der Waals surface area contributed by atoms with Crippen molar-refractivity contribution in [3.05, 3.63) is 21.9 Å². The summed E-state index contributed by atoms with van der Waals surface area (Å²) in [5.74, 6) is 0.0446. The van der Waals surface area contributed by atoms with Crippen LogP contribution in [0.2, 0.25) is 0 Å². The molecule has 0 aliphatic heterocycles. The molecule has 14 heavy (non-hydrogen) atoms. The molecule has 1 aromatic heterocycles.